The second kappa shape index (κ2) is 7.30. The van der Waals surface area contributed by atoms with Gasteiger partial charge in [-0.15, -0.1) is 5.10 Å². The van der Waals surface area contributed by atoms with Crippen molar-refractivity contribution in [3.63, 3.8) is 0 Å². The number of rotatable bonds is 2. The molecule has 110 valence electrons. The van der Waals surface area contributed by atoms with Crippen molar-refractivity contribution in [2.45, 2.75) is 32.0 Å². The van der Waals surface area contributed by atoms with Crippen molar-refractivity contribution in [2.75, 3.05) is 0 Å². The third-order valence-electron chi connectivity index (χ3n) is 2.33. The fourth-order valence-corrected chi connectivity index (χ4v) is 2.25. The Labute approximate surface area is 131 Å². The van der Waals surface area contributed by atoms with E-state index in [-0.39, 0.29) is 0 Å². The highest BCUT2D eigenvalue weighted by Crippen LogP contribution is 2.31. The van der Waals surface area contributed by atoms with Gasteiger partial charge in [-0.1, -0.05) is 25.1 Å². The van der Waals surface area contributed by atoms with Gasteiger partial charge in [-0.2, -0.15) is 13.2 Å². The molecule has 1 aromatic heterocycles. The zero-order valence-corrected chi connectivity index (χ0v) is 14.0. The molecule has 0 aliphatic carbocycles. The van der Waals surface area contributed by atoms with Gasteiger partial charge in [-0.3, -0.25) is 0 Å². The predicted molar refractivity (Wildman–Crippen MR) is 82.3 cm³/mol. The van der Waals surface area contributed by atoms with Gasteiger partial charge in [0.15, 0.2) is 0 Å². The van der Waals surface area contributed by atoms with Gasteiger partial charge in [0.25, 0.3) is 0 Å². The van der Waals surface area contributed by atoms with E-state index in [0.29, 0.717) is 16.3 Å². The summed E-state index contributed by atoms with van der Waals surface area (Å²) in [6.45, 7) is 5.73. The molecule has 0 N–H and O–H groups in total. The summed E-state index contributed by atoms with van der Waals surface area (Å²) in [7, 11) is 1.35. The molecule has 3 nitrogen and oxygen atoms in total. The van der Waals surface area contributed by atoms with Gasteiger partial charge in [0.2, 0.25) is 0 Å². The topological polar surface area (TPSA) is 30.7 Å². The van der Waals surface area contributed by atoms with Crippen molar-refractivity contribution in [1.82, 2.24) is 15.0 Å². The summed E-state index contributed by atoms with van der Waals surface area (Å²) in [4.78, 5) is 0. The molecule has 0 saturated heterocycles. The molecule has 0 aliphatic heterocycles. The summed E-state index contributed by atoms with van der Waals surface area (Å²) < 4.78 is 39.3. The number of hydrogen-bond acceptors (Lipinski definition) is 3. The highest BCUT2D eigenvalue weighted by Gasteiger charge is 2.31. The molecule has 0 fully saturated rings. The second-order valence-corrected chi connectivity index (χ2v) is 5.47. The molecule has 0 aliphatic rings. The first kappa shape index (κ1) is 17.3. The molecule has 0 unspecified atom stereocenters. The maximum absolute atomic E-state index is 12.6. The van der Waals surface area contributed by atoms with Gasteiger partial charge in [0, 0.05) is 21.2 Å². The monoisotopic (exact) mass is 415 g/mol. The van der Waals surface area contributed by atoms with Crippen LogP contribution >= 0.6 is 30.1 Å². The molecular formula is C12H13F3IN3S. The van der Waals surface area contributed by atoms with E-state index < -0.39 is 11.7 Å². The number of nitrogens with zero attached hydrogens (tertiary/aromatic N) is 3. The van der Waals surface area contributed by atoms with Crippen LogP contribution in [0.2, 0.25) is 0 Å². The first-order valence-corrected chi connectivity index (χ1v) is 9.17. The van der Waals surface area contributed by atoms with Crippen LogP contribution in [-0.4, -0.2) is 15.0 Å². The zero-order chi connectivity index (χ0) is 15.3. The van der Waals surface area contributed by atoms with Crippen LogP contribution in [0.4, 0.5) is 13.2 Å². The summed E-state index contributed by atoms with van der Waals surface area (Å²) in [5.41, 5.74) is 0.397. The Balaban J connectivity index is 0.000000956. The number of alkyl halides is 3. The molecule has 0 bridgehead atoms. The minimum atomic E-state index is -4.36. The number of aryl methyl sites for hydroxylation is 1. The molecule has 2 aromatic rings. The molecule has 1 heterocycles. The molecule has 0 radical (unpaired) electrons. The lowest BCUT2D eigenvalue weighted by molar-refractivity contribution is -0.137. The molecule has 1 aromatic carbocycles. The average molecular weight is 415 g/mol. The summed E-state index contributed by atoms with van der Waals surface area (Å²) in [6, 6.07) is 3.56. The van der Waals surface area contributed by atoms with E-state index in [2.05, 4.69) is 10.3 Å². The van der Waals surface area contributed by atoms with Crippen LogP contribution in [0.25, 0.3) is 5.69 Å². The zero-order valence-electron chi connectivity index (χ0n) is 11.1. The molecular weight excluding hydrogens is 402 g/mol. The van der Waals surface area contributed by atoms with Crippen molar-refractivity contribution in [3.05, 3.63) is 35.5 Å². The van der Waals surface area contributed by atoms with E-state index in [9.17, 15) is 13.2 Å². The number of hydrogen-bond donors (Lipinski definition) is 0. The van der Waals surface area contributed by atoms with Gasteiger partial charge < -0.3 is 0 Å². The van der Waals surface area contributed by atoms with Gasteiger partial charge in [0.1, 0.15) is 5.03 Å². The van der Waals surface area contributed by atoms with Gasteiger partial charge in [0.05, 0.1) is 17.4 Å². The summed E-state index contributed by atoms with van der Waals surface area (Å²) in [5.74, 6) is 0. The van der Waals surface area contributed by atoms with Crippen LogP contribution in [0, 0.1) is 6.92 Å². The van der Waals surface area contributed by atoms with Gasteiger partial charge >= 0.3 is 6.18 Å². The minimum Gasteiger partial charge on any atom is -0.219 e. The molecule has 2 rings (SSSR count). The van der Waals surface area contributed by atoms with Gasteiger partial charge in [-0.05, 0) is 33.6 Å². The maximum atomic E-state index is 12.6. The van der Waals surface area contributed by atoms with Gasteiger partial charge in [-0.25, -0.2) is 4.68 Å². The van der Waals surface area contributed by atoms with E-state index in [1.54, 1.807) is 13.1 Å². The van der Waals surface area contributed by atoms with Crippen LogP contribution in [0.3, 0.4) is 0 Å². The highest BCUT2D eigenvalue weighted by atomic mass is 127. The van der Waals surface area contributed by atoms with Crippen molar-refractivity contribution >= 4 is 30.1 Å². The van der Waals surface area contributed by atoms with Crippen molar-refractivity contribution in [2.24, 2.45) is 0 Å². The Morgan fingerprint density at radius 3 is 2.40 bits per heavy atom. The van der Waals surface area contributed by atoms with Crippen molar-refractivity contribution < 1.29 is 13.2 Å². The van der Waals surface area contributed by atoms with E-state index in [1.165, 1.54) is 19.7 Å². The maximum Gasteiger partial charge on any atom is 0.416 e. The molecule has 0 saturated carbocycles. The first-order chi connectivity index (χ1) is 9.41. The quantitative estimate of drug-likeness (QED) is 0.643. The average Bonchev–Trinajstić information content (AvgIpc) is 2.89. The molecule has 0 spiro atoms. The number of benzene rings is 1. The van der Waals surface area contributed by atoms with Crippen LogP contribution in [0.5, 0.6) is 0 Å². The number of halogens is 4. The van der Waals surface area contributed by atoms with Crippen molar-refractivity contribution in [3.8, 4) is 5.69 Å². The normalized spacial score (nSPS) is 10.9. The lowest BCUT2D eigenvalue weighted by atomic mass is 10.1. The first-order valence-electron chi connectivity index (χ1n) is 5.81. The molecule has 8 heteroatoms. The predicted octanol–water partition coefficient (Wildman–Crippen LogP) is 5.06. The number of aromatic nitrogens is 3. The summed E-state index contributed by atoms with van der Waals surface area (Å²) >= 11 is 2.04. The van der Waals surface area contributed by atoms with Crippen LogP contribution in [0.15, 0.2) is 29.4 Å². The third-order valence-corrected chi connectivity index (χ3v) is 4.03. The summed E-state index contributed by atoms with van der Waals surface area (Å²) in [6.07, 6.45) is -2.76. The lowest BCUT2D eigenvalue weighted by Crippen LogP contribution is -2.07. The Bertz CT molecular complexity index is 569. The third kappa shape index (κ3) is 4.11. The Kier molecular flexibility index (Phi) is 6.31. The van der Waals surface area contributed by atoms with Crippen LogP contribution in [-0.2, 0) is 6.18 Å². The molecule has 20 heavy (non-hydrogen) atoms. The Hall–Kier alpha value is -0.770. The molecule has 0 amide bonds. The van der Waals surface area contributed by atoms with E-state index in [0.717, 1.165) is 12.1 Å². The summed E-state index contributed by atoms with van der Waals surface area (Å²) in [5, 5.41) is 8.29. The fraction of sp³-hybridized carbons (Fsp3) is 0.333. The Morgan fingerprint density at radius 2 is 1.90 bits per heavy atom. The largest absolute Gasteiger partial charge is 0.416 e. The van der Waals surface area contributed by atoms with E-state index >= 15 is 0 Å². The van der Waals surface area contributed by atoms with E-state index in [4.69, 9.17) is 0 Å². The highest BCUT2D eigenvalue weighted by molar-refractivity contribution is 14.2. The molecule has 0 atom stereocenters. The SMILES string of the molecule is CC.Cc1ccc(C(F)(F)F)cc1-n1cc(SI)nn1. The fourth-order valence-electron chi connectivity index (χ4n) is 1.43. The second-order valence-electron chi connectivity index (χ2n) is 3.58. The minimum absolute atomic E-state index is 0.383. The van der Waals surface area contributed by atoms with Crippen molar-refractivity contribution in [1.29, 1.82) is 0 Å². The smallest absolute Gasteiger partial charge is 0.219 e. The van der Waals surface area contributed by atoms with E-state index in [1.807, 2.05) is 35.1 Å². The van der Waals surface area contributed by atoms with Crippen LogP contribution < -0.4 is 0 Å². The lowest BCUT2D eigenvalue weighted by Gasteiger charge is -2.10. The Morgan fingerprint density at radius 1 is 1.25 bits per heavy atom. The van der Waals surface area contributed by atoms with Crippen LogP contribution in [0.1, 0.15) is 25.0 Å². The standard InChI is InChI=1S/C10H7F3IN3S.C2H6/c1-6-2-3-7(10(11,12)13)4-8(6)17-5-9(18-14)15-16-17;1-2/h2-5H,1H3;1-2H3.